The summed E-state index contributed by atoms with van der Waals surface area (Å²) in [6.07, 6.45) is 0.943. The van der Waals surface area contributed by atoms with Crippen LogP contribution in [0.2, 0.25) is 0 Å². The number of imidazole rings is 1. The van der Waals surface area contributed by atoms with E-state index in [1.165, 1.54) is 18.2 Å². The van der Waals surface area contributed by atoms with Gasteiger partial charge in [-0.05, 0) is 78.5 Å². The molecule has 1 amide bonds. The van der Waals surface area contributed by atoms with E-state index in [0.29, 0.717) is 35.3 Å². The number of halogens is 2. The highest BCUT2D eigenvalue weighted by atomic mass is 19.1. The first-order valence-electron chi connectivity index (χ1n) is 14.1. The van der Waals surface area contributed by atoms with Gasteiger partial charge in [0.05, 0.1) is 11.0 Å². The maximum atomic E-state index is 15.6. The lowest BCUT2D eigenvalue weighted by Crippen LogP contribution is -2.37. The molecule has 0 bridgehead atoms. The van der Waals surface area contributed by atoms with Gasteiger partial charge in [-0.2, -0.15) is 0 Å². The fourth-order valence-electron chi connectivity index (χ4n) is 6.24. The molecule has 0 radical (unpaired) electrons. The lowest BCUT2D eigenvalue weighted by atomic mass is 9.85. The number of carbonyl (C=O) groups is 1. The molecule has 5 aromatic rings. The van der Waals surface area contributed by atoms with Crippen LogP contribution in [0.1, 0.15) is 51.8 Å². The van der Waals surface area contributed by atoms with E-state index in [0.717, 1.165) is 35.3 Å². The van der Waals surface area contributed by atoms with Gasteiger partial charge in [0.2, 0.25) is 0 Å². The van der Waals surface area contributed by atoms with Crippen LogP contribution < -0.4 is 0 Å². The summed E-state index contributed by atoms with van der Waals surface area (Å²) in [5, 5.41) is 10.8. The number of amides is 1. The molecule has 1 unspecified atom stereocenters. The number of nitrogens with zero attached hydrogens (tertiary/aromatic N) is 3. The van der Waals surface area contributed by atoms with Crippen LogP contribution in [-0.4, -0.2) is 50.9 Å². The Kier molecular flexibility index (Phi) is 6.31. The second-order valence-corrected chi connectivity index (χ2v) is 11.4. The van der Waals surface area contributed by atoms with Crippen molar-refractivity contribution >= 4 is 16.9 Å². The highest BCUT2D eigenvalue weighted by Gasteiger charge is 2.38. The average molecular weight is 565 g/mol. The molecule has 0 saturated carbocycles. The number of H-pyrrole nitrogens is 1. The normalized spacial score (nSPS) is 17.5. The van der Waals surface area contributed by atoms with Crippen molar-refractivity contribution in [1.82, 2.24) is 19.8 Å². The highest BCUT2D eigenvalue weighted by molar-refractivity contribution is 6.00. The van der Waals surface area contributed by atoms with Crippen molar-refractivity contribution in [1.29, 1.82) is 0 Å². The SMILES string of the molecule is CN1CCC(F)(c2ccc(-c3ccc4c(c3)C(=O)N(C(c3nc5ccccc5[nH]3)c3cc(F)ccc3O)C4)cc2)CC1. The molecule has 1 fully saturated rings. The second kappa shape index (κ2) is 10.1. The third kappa shape index (κ3) is 4.52. The molecule has 4 aromatic carbocycles. The monoisotopic (exact) mass is 564 g/mol. The van der Waals surface area contributed by atoms with Gasteiger partial charge in [0.1, 0.15) is 29.1 Å². The van der Waals surface area contributed by atoms with Gasteiger partial charge in [-0.25, -0.2) is 13.8 Å². The molecule has 7 rings (SSSR count). The fourth-order valence-corrected chi connectivity index (χ4v) is 6.24. The van der Waals surface area contributed by atoms with Gasteiger partial charge in [0.25, 0.3) is 5.91 Å². The number of carbonyl (C=O) groups excluding carboxylic acids is 1. The summed E-state index contributed by atoms with van der Waals surface area (Å²) < 4.78 is 30.1. The number of piperidine rings is 1. The predicted molar refractivity (Wildman–Crippen MR) is 157 cm³/mol. The van der Waals surface area contributed by atoms with Crippen molar-refractivity contribution in [2.75, 3.05) is 20.1 Å². The van der Waals surface area contributed by atoms with Crippen LogP contribution in [0.15, 0.2) is 84.9 Å². The van der Waals surface area contributed by atoms with Gasteiger partial charge >= 0.3 is 0 Å². The van der Waals surface area contributed by atoms with E-state index in [4.69, 9.17) is 4.98 Å². The van der Waals surface area contributed by atoms with Crippen molar-refractivity contribution in [3.63, 3.8) is 0 Å². The second-order valence-electron chi connectivity index (χ2n) is 11.4. The number of benzene rings is 4. The smallest absolute Gasteiger partial charge is 0.255 e. The fraction of sp³-hybridized carbons (Fsp3) is 0.235. The number of aromatic nitrogens is 2. The molecule has 8 heteroatoms. The summed E-state index contributed by atoms with van der Waals surface area (Å²) in [5.74, 6) is -0.453. The Bertz CT molecular complexity index is 1780. The Hall–Kier alpha value is -4.56. The van der Waals surface area contributed by atoms with Crippen molar-refractivity contribution in [3.8, 4) is 16.9 Å². The number of phenols is 1. The number of fused-ring (bicyclic) bond motifs is 2. The van der Waals surface area contributed by atoms with Crippen LogP contribution in [0.25, 0.3) is 22.2 Å². The molecule has 2 aliphatic heterocycles. The predicted octanol–water partition coefficient (Wildman–Crippen LogP) is 6.71. The number of phenolic OH excluding ortho intramolecular Hbond substituents is 1. The zero-order chi connectivity index (χ0) is 29.0. The number of rotatable bonds is 5. The lowest BCUT2D eigenvalue weighted by Gasteiger charge is -2.34. The minimum absolute atomic E-state index is 0.123. The van der Waals surface area contributed by atoms with Gasteiger partial charge in [-0.3, -0.25) is 4.79 Å². The summed E-state index contributed by atoms with van der Waals surface area (Å²) in [6, 6.07) is 23.6. The topological polar surface area (TPSA) is 72.5 Å². The molecule has 2 aliphatic rings. The van der Waals surface area contributed by atoms with Crippen LogP contribution in [0.4, 0.5) is 8.78 Å². The minimum atomic E-state index is -1.33. The van der Waals surface area contributed by atoms with Gasteiger partial charge in [-0.15, -0.1) is 0 Å². The molecular weight excluding hydrogens is 534 g/mol. The summed E-state index contributed by atoms with van der Waals surface area (Å²) >= 11 is 0. The van der Waals surface area contributed by atoms with E-state index in [1.807, 2.05) is 73.8 Å². The Morgan fingerprint density at radius 2 is 1.69 bits per heavy atom. The highest BCUT2D eigenvalue weighted by Crippen LogP contribution is 2.41. The van der Waals surface area contributed by atoms with Gasteiger partial charge in [-0.1, -0.05) is 48.5 Å². The summed E-state index contributed by atoms with van der Waals surface area (Å²) in [5.41, 5.74) is 4.19. The van der Waals surface area contributed by atoms with Crippen molar-refractivity contribution < 1.29 is 18.7 Å². The van der Waals surface area contributed by atoms with E-state index in [-0.39, 0.29) is 23.8 Å². The Morgan fingerprint density at radius 3 is 2.45 bits per heavy atom. The first kappa shape index (κ1) is 26.3. The third-order valence-electron chi connectivity index (χ3n) is 8.72. The number of hydrogen-bond donors (Lipinski definition) is 2. The molecule has 1 atom stereocenters. The molecule has 0 aliphatic carbocycles. The quantitative estimate of drug-likeness (QED) is 0.249. The van der Waals surface area contributed by atoms with E-state index in [2.05, 4.69) is 9.88 Å². The molecule has 42 heavy (non-hydrogen) atoms. The van der Waals surface area contributed by atoms with Crippen molar-refractivity contribution in [2.24, 2.45) is 0 Å². The number of likely N-dealkylation sites (tertiary alicyclic amines) is 1. The average Bonchev–Trinajstić information content (AvgIpc) is 3.57. The number of aromatic hydroxyl groups is 1. The molecule has 3 heterocycles. The largest absolute Gasteiger partial charge is 0.508 e. The van der Waals surface area contributed by atoms with Crippen LogP contribution in [-0.2, 0) is 12.2 Å². The van der Waals surface area contributed by atoms with Gasteiger partial charge in [0, 0.05) is 30.8 Å². The van der Waals surface area contributed by atoms with E-state index >= 15 is 4.39 Å². The van der Waals surface area contributed by atoms with Crippen LogP contribution in [0.3, 0.4) is 0 Å². The van der Waals surface area contributed by atoms with Gasteiger partial charge < -0.3 is 19.9 Å². The molecule has 6 nitrogen and oxygen atoms in total. The van der Waals surface area contributed by atoms with Crippen LogP contribution >= 0.6 is 0 Å². The Morgan fingerprint density at radius 1 is 0.952 bits per heavy atom. The number of para-hydroxylation sites is 2. The minimum Gasteiger partial charge on any atom is -0.508 e. The van der Waals surface area contributed by atoms with Gasteiger partial charge in [0.15, 0.2) is 0 Å². The number of hydrogen-bond acceptors (Lipinski definition) is 4. The van der Waals surface area contributed by atoms with Crippen LogP contribution in [0.5, 0.6) is 5.75 Å². The van der Waals surface area contributed by atoms with E-state index in [1.54, 1.807) is 4.90 Å². The summed E-state index contributed by atoms with van der Waals surface area (Å²) in [4.78, 5) is 25.7. The zero-order valence-electron chi connectivity index (χ0n) is 23.1. The number of alkyl halides is 1. The molecule has 0 spiro atoms. The van der Waals surface area contributed by atoms with Crippen LogP contribution in [0, 0.1) is 5.82 Å². The maximum Gasteiger partial charge on any atom is 0.255 e. The summed E-state index contributed by atoms with van der Waals surface area (Å²) in [6.45, 7) is 1.72. The third-order valence-corrected chi connectivity index (χ3v) is 8.72. The molecule has 1 saturated heterocycles. The first-order chi connectivity index (χ1) is 20.3. The van der Waals surface area contributed by atoms with Crippen molar-refractivity contribution in [3.05, 3.63) is 119 Å². The maximum absolute atomic E-state index is 15.6. The van der Waals surface area contributed by atoms with E-state index in [9.17, 15) is 14.3 Å². The summed E-state index contributed by atoms with van der Waals surface area (Å²) in [7, 11) is 2.01. The Balaban J connectivity index is 1.22. The molecular formula is C34H30F2N4O2. The zero-order valence-corrected chi connectivity index (χ0v) is 23.1. The van der Waals surface area contributed by atoms with Crippen molar-refractivity contribution in [2.45, 2.75) is 31.1 Å². The number of aromatic amines is 1. The molecule has 2 N–H and O–H groups in total. The lowest BCUT2D eigenvalue weighted by molar-refractivity contribution is 0.0674. The molecule has 212 valence electrons. The first-order valence-corrected chi connectivity index (χ1v) is 14.1. The standard InChI is InChI=1S/C34H30F2N4O2/c1-39-16-14-34(36,15-17-39)24-10-8-21(9-11-24)22-6-7-23-20-40(33(42)26(23)18-22)31(27-19-25(35)12-13-30(27)41)32-37-28-4-2-3-5-29(28)38-32/h2-13,18-19,31,41H,14-17,20H2,1H3,(H,37,38). The Labute approximate surface area is 242 Å². The van der Waals surface area contributed by atoms with E-state index < -0.39 is 17.5 Å². The molecule has 1 aromatic heterocycles. The number of nitrogens with one attached hydrogen (secondary N) is 1.